The van der Waals surface area contributed by atoms with E-state index in [2.05, 4.69) is 5.32 Å². The average molecular weight is 450 g/mol. The highest BCUT2D eigenvalue weighted by Gasteiger charge is 2.17. The molecule has 0 fully saturated rings. The van der Waals surface area contributed by atoms with Crippen LogP contribution in [0.1, 0.15) is 17.5 Å². The smallest absolute Gasteiger partial charge is 0.307 e. The summed E-state index contributed by atoms with van der Waals surface area (Å²) in [4.78, 5) is 23.8. The highest BCUT2D eigenvalue weighted by Crippen LogP contribution is 2.27. The lowest BCUT2D eigenvalue weighted by molar-refractivity contribution is -0.148. The highest BCUT2D eigenvalue weighted by molar-refractivity contribution is 7.91. The highest BCUT2D eigenvalue weighted by atomic mass is 32.2. The van der Waals surface area contributed by atoms with Gasteiger partial charge in [0.15, 0.2) is 27.9 Å². The van der Waals surface area contributed by atoms with Gasteiger partial charge in [0.25, 0.3) is 5.91 Å². The maximum absolute atomic E-state index is 12.2. The van der Waals surface area contributed by atoms with Gasteiger partial charge in [-0.15, -0.1) is 0 Å². The monoisotopic (exact) mass is 449 g/mol. The Hall–Kier alpha value is -3.07. The first-order chi connectivity index (χ1) is 14.7. The summed E-state index contributed by atoms with van der Waals surface area (Å²) in [7, 11) is -0.489. The number of ether oxygens (including phenoxy) is 3. The van der Waals surface area contributed by atoms with E-state index in [1.807, 2.05) is 19.1 Å². The van der Waals surface area contributed by atoms with Gasteiger partial charge in [0, 0.05) is 6.54 Å². The molecule has 1 N–H and O–H groups in total. The van der Waals surface area contributed by atoms with Gasteiger partial charge in [-0.2, -0.15) is 0 Å². The topological polar surface area (TPSA) is 108 Å². The fourth-order valence-electron chi connectivity index (χ4n) is 2.73. The second-order valence-corrected chi connectivity index (χ2v) is 8.94. The van der Waals surface area contributed by atoms with Crippen molar-refractivity contribution in [3.05, 3.63) is 53.6 Å². The molecular weight excluding hydrogens is 422 g/mol. The van der Waals surface area contributed by atoms with E-state index in [4.69, 9.17) is 14.2 Å². The zero-order valence-electron chi connectivity index (χ0n) is 17.8. The Morgan fingerprint density at radius 1 is 0.968 bits per heavy atom. The molecule has 0 heterocycles. The van der Waals surface area contributed by atoms with Gasteiger partial charge in [-0.3, -0.25) is 9.59 Å². The van der Waals surface area contributed by atoms with Gasteiger partial charge in [-0.1, -0.05) is 23.8 Å². The Morgan fingerprint density at radius 3 is 2.29 bits per heavy atom. The standard InChI is InChI=1S/C22H27NO7S/c1-16-4-7-18(8-5-16)31(26,27)13-11-22(25)30-15-21(24)23-12-10-17-6-9-19(28-2)20(14-17)29-3/h4-9,14H,10-13,15H2,1-3H3,(H,23,24). The summed E-state index contributed by atoms with van der Waals surface area (Å²) in [5, 5.41) is 2.65. The number of aryl methyl sites for hydroxylation is 1. The minimum absolute atomic E-state index is 0.152. The number of rotatable bonds is 11. The zero-order chi connectivity index (χ0) is 22.9. The number of esters is 1. The second-order valence-electron chi connectivity index (χ2n) is 6.83. The van der Waals surface area contributed by atoms with Crippen LogP contribution in [0.3, 0.4) is 0 Å². The summed E-state index contributed by atoms with van der Waals surface area (Å²) in [5.41, 5.74) is 1.88. The molecule has 9 heteroatoms. The molecule has 2 aromatic rings. The van der Waals surface area contributed by atoms with Crippen LogP contribution in [0.4, 0.5) is 0 Å². The summed E-state index contributed by atoms with van der Waals surface area (Å²) in [6.45, 7) is 1.73. The van der Waals surface area contributed by atoms with Crippen molar-refractivity contribution in [2.45, 2.75) is 24.7 Å². The number of amides is 1. The van der Waals surface area contributed by atoms with Gasteiger partial charge in [-0.05, 0) is 43.2 Å². The van der Waals surface area contributed by atoms with Gasteiger partial charge in [0.1, 0.15) is 0 Å². The van der Waals surface area contributed by atoms with Crippen molar-refractivity contribution in [3.63, 3.8) is 0 Å². The van der Waals surface area contributed by atoms with Crippen molar-refractivity contribution in [1.29, 1.82) is 0 Å². The molecule has 0 aliphatic rings. The van der Waals surface area contributed by atoms with Crippen molar-refractivity contribution in [1.82, 2.24) is 5.32 Å². The predicted octanol–water partition coefficient (Wildman–Crippen LogP) is 2.08. The van der Waals surface area contributed by atoms with Gasteiger partial charge in [-0.25, -0.2) is 8.42 Å². The number of carbonyl (C=O) groups is 2. The molecule has 31 heavy (non-hydrogen) atoms. The summed E-state index contributed by atoms with van der Waals surface area (Å²) in [6.07, 6.45) is 0.226. The quantitative estimate of drug-likeness (QED) is 0.523. The van der Waals surface area contributed by atoms with E-state index in [1.54, 1.807) is 32.4 Å². The van der Waals surface area contributed by atoms with Crippen molar-refractivity contribution in [2.75, 3.05) is 33.1 Å². The summed E-state index contributed by atoms with van der Waals surface area (Å²) < 4.78 is 39.8. The molecule has 0 saturated heterocycles. The number of nitrogens with one attached hydrogen (secondary N) is 1. The van der Waals surface area contributed by atoms with Gasteiger partial charge >= 0.3 is 5.97 Å². The minimum atomic E-state index is -3.59. The molecule has 0 aromatic heterocycles. The van der Waals surface area contributed by atoms with Gasteiger partial charge in [0.05, 0.1) is 31.3 Å². The number of sulfone groups is 1. The molecule has 0 spiro atoms. The van der Waals surface area contributed by atoms with Gasteiger partial charge in [0.2, 0.25) is 0 Å². The lowest BCUT2D eigenvalue weighted by atomic mass is 10.1. The van der Waals surface area contributed by atoms with Crippen molar-refractivity contribution in [2.24, 2.45) is 0 Å². The van der Waals surface area contributed by atoms with Crippen LogP contribution < -0.4 is 14.8 Å². The molecule has 0 aliphatic heterocycles. The Labute approximate surface area is 182 Å². The maximum Gasteiger partial charge on any atom is 0.307 e. The van der Waals surface area contributed by atoms with E-state index >= 15 is 0 Å². The molecule has 0 atom stereocenters. The molecule has 2 rings (SSSR count). The van der Waals surface area contributed by atoms with E-state index in [9.17, 15) is 18.0 Å². The van der Waals surface area contributed by atoms with Gasteiger partial charge < -0.3 is 19.5 Å². The zero-order valence-corrected chi connectivity index (χ0v) is 18.7. The molecule has 168 valence electrons. The van der Waals surface area contributed by atoms with Crippen LogP contribution in [0.15, 0.2) is 47.4 Å². The Balaban J connectivity index is 1.71. The number of methoxy groups -OCH3 is 2. The summed E-state index contributed by atoms with van der Waals surface area (Å²) in [5.74, 6) is -0.371. The molecule has 0 radical (unpaired) electrons. The van der Waals surface area contributed by atoms with Crippen LogP contribution in [0.2, 0.25) is 0 Å². The molecule has 1 amide bonds. The van der Waals surface area contributed by atoms with Crippen LogP contribution in [0.5, 0.6) is 11.5 Å². The normalized spacial score (nSPS) is 10.9. The fourth-order valence-corrected chi connectivity index (χ4v) is 3.95. The molecule has 0 saturated carbocycles. The fraction of sp³-hybridized carbons (Fsp3) is 0.364. The van der Waals surface area contributed by atoms with E-state index in [0.717, 1.165) is 11.1 Å². The van der Waals surface area contributed by atoms with Crippen LogP contribution >= 0.6 is 0 Å². The van der Waals surface area contributed by atoms with Crippen molar-refractivity contribution >= 4 is 21.7 Å². The Kier molecular flexibility index (Phi) is 8.87. The molecule has 8 nitrogen and oxygen atoms in total. The number of hydrogen-bond acceptors (Lipinski definition) is 7. The summed E-state index contributed by atoms with van der Waals surface area (Å²) >= 11 is 0. The minimum Gasteiger partial charge on any atom is -0.493 e. The molecule has 2 aromatic carbocycles. The number of hydrogen-bond donors (Lipinski definition) is 1. The van der Waals surface area contributed by atoms with Crippen molar-refractivity contribution < 1.29 is 32.2 Å². The SMILES string of the molecule is COc1ccc(CCNC(=O)COC(=O)CCS(=O)(=O)c2ccc(C)cc2)cc1OC. The molecule has 0 aliphatic carbocycles. The van der Waals surface area contributed by atoms with E-state index < -0.39 is 28.3 Å². The predicted molar refractivity (Wildman–Crippen MR) is 115 cm³/mol. The first kappa shape index (κ1) is 24.2. The second kappa shape index (κ2) is 11.4. The van der Waals surface area contributed by atoms with Crippen LogP contribution in [0.25, 0.3) is 0 Å². The average Bonchev–Trinajstić information content (AvgIpc) is 2.76. The molecule has 0 unspecified atom stereocenters. The van der Waals surface area contributed by atoms with E-state index in [1.165, 1.54) is 12.1 Å². The molecule has 0 bridgehead atoms. The van der Waals surface area contributed by atoms with Crippen LogP contribution in [-0.4, -0.2) is 53.4 Å². The third-order valence-electron chi connectivity index (χ3n) is 4.50. The summed E-state index contributed by atoms with van der Waals surface area (Å²) in [6, 6.07) is 11.8. The van der Waals surface area contributed by atoms with E-state index in [-0.39, 0.29) is 17.1 Å². The third kappa shape index (κ3) is 7.60. The lowest BCUT2D eigenvalue weighted by Gasteiger charge is -2.10. The lowest BCUT2D eigenvalue weighted by Crippen LogP contribution is -2.30. The van der Waals surface area contributed by atoms with Crippen LogP contribution in [0, 0.1) is 6.92 Å². The number of carbonyl (C=O) groups excluding carboxylic acids is 2. The first-order valence-electron chi connectivity index (χ1n) is 9.68. The Bertz CT molecular complexity index is 1000. The number of benzene rings is 2. The third-order valence-corrected chi connectivity index (χ3v) is 6.24. The molecular formula is C22H27NO7S. The largest absolute Gasteiger partial charge is 0.493 e. The maximum atomic E-state index is 12.2. The van der Waals surface area contributed by atoms with Crippen molar-refractivity contribution in [3.8, 4) is 11.5 Å². The first-order valence-corrected chi connectivity index (χ1v) is 11.3. The van der Waals surface area contributed by atoms with Crippen LogP contribution in [-0.2, 0) is 30.6 Å². The Morgan fingerprint density at radius 2 is 1.65 bits per heavy atom. The van der Waals surface area contributed by atoms with E-state index in [0.29, 0.717) is 24.5 Å².